The van der Waals surface area contributed by atoms with Gasteiger partial charge in [0.15, 0.2) is 0 Å². The van der Waals surface area contributed by atoms with Gasteiger partial charge in [-0.1, -0.05) is 92.7 Å². The zero-order valence-corrected chi connectivity index (χ0v) is 48.4. The molecule has 3 aromatic carbocycles. The van der Waals surface area contributed by atoms with E-state index in [0.717, 1.165) is 42.2 Å². The van der Waals surface area contributed by atoms with Gasteiger partial charge in [-0.2, -0.15) is 4.39 Å². The number of hydrogen-bond donors (Lipinski definition) is 3. The molecule has 0 saturated heterocycles. The summed E-state index contributed by atoms with van der Waals surface area (Å²) >= 11 is 30.5. The first-order valence-electron chi connectivity index (χ1n) is 22.1. The van der Waals surface area contributed by atoms with Crippen molar-refractivity contribution in [3.8, 4) is 63.7 Å². The average molecular weight is 1260 g/mol. The molecular weight excluding hydrogens is 1220 g/mol. The van der Waals surface area contributed by atoms with Crippen LogP contribution in [0, 0.1) is 12.9 Å². The van der Waals surface area contributed by atoms with Gasteiger partial charge in [0.2, 0.25) is 5.95 Å². The van der Waals surface area contributed by atoms with E-state index in [1.165, 1.54) is 60.1 Å². The lowest BCUT2D eigenvalue weighted by Gasteiger charge is -1.99. The lowest BCUT2D eigenvalue weighted by atomic mass is 9.81. The highest BCUT2D eigenvalue weighted by Crippen LogP contribution is 2.36. The SMILES string of the molecule is Brc1cccs1.COc1ccc(Br)cc1.Cc1ccc(-c2ccc(-c3ccnc(Cl)c3)s2)cc1.Clc1cc(-c2cccs2)ccn1.OB(O)c1ccnc(Cl)c1.Oc1ccc(-c2ccc(-c3ccnc([18F])c3)s2)cc1. The van der Waals surface area contributed by atoms with Gasteiger partial charge in [0.05, 0.1) is 10.9 Å². The second-order valence-electron chi connectivity index (χ2n) is 15.2. The summed E-state index contributed by atoms with van der Waals surface area (Å²) in [6, 6.07) is 53.5. The second-order valence-corrected chi connectivity index (χ2v) is 22.7. The molecule has 0 unspecified atom stereocenters. The summed E-state index contributed by atoms with van der Waals surface area (Å²) in [4.78, 5) is 20.9. The molecule has 0 bridgehead atoms. The summed E-state index contributed by atoms with van der Waals surface area (Å²) in [6.45, 7) is 2.10. The number of thiophene rings is 4. The van der Waals surface area contributed by atoms with Crippen LogP contribution < -0.4 is 10.2 Å². The standard InChI is InChI=1S/C16H12ClNS.C15H10FNOS.C9H6ClNS.C7H7BrO.C5H5BClNO2.C4H3BrS/c1-11-2-4-12(5-3-11)14-6-7-15(19-14)13-8-9-18-16(17)10-13;16-15-9-11(7-8-17-15)14-6-5-13(19-14)10-1-3-12(18)4-2-10;10-9-6-7(3-4-11-9)8-2-1-5-12-8;1-9-7-4-2-6(8)3-5-7;7-5-3-4(6(9)10)1-2-8-5;5-4-2-1-3-6-4/h2-10H,1H3;1-9,18H;1-6H;2-5H,1H3;1-3,9-10H;1-3H/i;16-1;;;;. The van der Waals surface area contributed by atoms with Crippen LogP contribution in [0.4, 0.5) is 4.39 Å². The second kappa shape index (κ2) is 30.8. The Labute approximate surface area is 482 Å². The smallest absolute Gasteiger partial charge is 0.488 e. The van der Waals surface area contributed by atoms with E-state index in [4.69, 9.17) is 49.6 Å². The molecule has 11 rings (SSSR count). The van der Waals surface area contributed by atoms with Crippen molar-refractivity contribution < 1.29 is 24.3 Å². The molecule has 0 aliphatic heterocycles. The highest BCUT2D eigenvalue weighted by molar-refractivity contribution is 9.11. The fraction of sp³-hybridized carbons (Fsp3) is 0.0357. The number of aromatic nitrogens is 4. The number of rotatable bonds is 7. The number of halogens is 6. The fourth-order valence-electron chi connectivity index (χ4n) is 6.16. The third-order valence-electron chi connectivity index (χ3n) is 9.84. The Kier molecular flexibility index (Phi) is 24.1. The number of aromatic hydroxyl groups is 1. The van der Waals surface area contributed by atoms with E-state index in [0.29, 0.717) is 15.8 Å². The third kappa shape index (κ3) is 20.1. The first-order valence-corrected chi connectivity index (χ1v) is 28.3. The van der Waals surface area contributed by atoms with Crippen molar-refractivity contribution in [2.75, 3.05) is 7.11 Å². The molecule has 11 aromatic rings. The maximum Gasteiger partial charge on any atom is 0.488 e. The highest BCUT2D eigenvalue weighted by Gasteiger charge is 2.11. The van der Waals surface area contributed by atoms with Crippen LogP contribution in [0.5, 0.6) is 11.5 Å². The van der Waals surface area contributed by atoms with E-state index in [1.807, 2.05) is 102 Å². The molecule has 0 aliphatic carbocycles. The van der Waals surface area contributed by atoms with Crippen LogP contribution in [-0.2, 0) is 0 Å². The van der Waals surface area contributed by atoms with Crippen molar-refractivity contribution in [1.29, 1.82) is 0 Å². The summed E-state index contributed by atoms with van der Waals surface area (Å²) < 4.78 is 20.3. The van der Waals surface area contributed by atoms with Gasteiger partial charge in [0, 0.05) is 59.7 Å². The molecule has 19 heteroatoms. The zero-order chi connectivity index (χ0) is 53.5. The minimum atomic E-state index is -1.47. The molecule has 8 aromatic heterocycles. The minimum absolute atomic E-state index is 0.247. The Morgan fingerprint density at radius 2 is 0.973 bits per heavy atom. The van der Waals surface area contributed by atoms with Crippen LogP contribution >= 0.6 is 112 Å². The summed E-state index contributed by atoms with van der Waals surface area (Å²) in [6.07, 6.45) is 6.34. The van der Waals surface area contributed by atoms with Gasteiger partial charge in [0.25, 0.3) is 0 Å². The number of pyridine rings is 4. The van der Waals surface area contributed by atoms with Crippen molar-refractivity contribution in [3.05, 3.63) is 241 Å². The lowest BCUT2D eigenvalue weighted by Crippen LogP contribution is -2.29. The minimum Gasteiger partial charge on any atom is -0.508 e. The molecule has 0 atom stereocenters. The molecule has 0 saturated carbocycles. The van der Waals surface area contributed by atoms with Gasteiger partial charge in [0.1, 0.15) is 27.0 Å². The molecule has 0 amide bonds. The van der Waals surface area contributed by atoms with Crippen LogP contribution in [0.2, 0.25) is 15.5 Å². The molecule has 0 spiro atoms. The highest BCUT2D eigenvalue weighted by atomic mass is 79.9. The molecule has 0 aliphatic rings. The summed E-state index contributed by atoms with van der Waals surface area (Å²) in [7, 11) is 0.184. The van der Waals surface area contributed by atoms with Gasteiger partial charge in [-0.05, 0) is 194 Å². The molecule has 3 N–H and O–H groups in total. The summed E-state index contributed by atoms with van der Waals surface area (Å²) in [5, 5.41) is 31.9. The first kappa shape index (κ1) is 58.7. The monoisotopic (exact) mass is 1250 g/mol. The molecule has 8 nitrogen and oxygen atoms in total. The van der Waals surface area contributed by atoms with Gasteiger partial charge in [-0.3, -0.25) is 0 Å². The molecular formula is C56H43BBr2Cl3FN4O4S4. The number of aryl methyl sites for hydroxylation is 1. The summed E-state index contributed by atoms with van der Waals surface area (Å²) in [5.41, 5.74) is 6.97. The molecule has 75 heavy (non-hydrogen) atoms. The number of ether oxygens (including phenoxy) is 1. The maximum atomic E-state index is 13.1. The summed E-state index contributed by atoms with van der Waals surface area (Å²) in [5.74, 6) is 0.659. The van der Waals surface area contributed by atoms with E-state index < -0.39 is 13.1 Å². The van der Waals surface area contributed by atoms with E-state index in [-0.39, 0.29) is 10.9 Å². The van der Waals surface area contributed by atoms with Crippen LogP contribution in [0.25, 0.3) is 52.2 Å². The number of nitrogens with zero attached hydrogens (tertiary/aromatic N) is 4. The predicted molar refractivity (Wildman–Crippen MR) is 322 cm³/mol. The van der Waals surface area contributed by atoms with Gasteiger partial charge in [-0.15, -0.1) is 45.3 Å². The van der Waals surface area contributed by atoms with Crippen molar-refractivity contribution >= 4 is 125 Å². The van der Waals surface area contributed by atoms with Gasteiger partial charge < -0.3 is 19.9 Å². The average Bonchev–Trinajstić information content (AvgIpc) is 4.29. The van der Waals surface area contributed by atoms with Crippen LogP contribution in [0.15, 0.2) is 214 Å². The van der Waals surface area contributed by atoms with Crippen LogP contribution in [0.3, 0.4) is 0 Å². The third-order valence-corrected chi connectivity index (χ3v) is 15.8. The Balaban J connectivity index is 0.000000152. The van der Waals surface area contributed by atoms with Crippen molar-refractivity contribution in [2.45, 2.75) is 6.92 Å². The molecule has 380 valence electrons. The molecule has 8 heterocycles. The number of phenolic OH excluding ortho intramolecular Hbond substituents is 1. The normalized spacial score (nSPS) is 10.1. The topological polar surface area (TPSA) is 121 Å². The van der Waals surface area contributed by atoms with Gasteiger partial charge >= 0.3 is 7.12 Å². The Morgan fingerprint density at radius 1 is 0.507 bits per heavy atom. The Hall–Kier alpha value is -5.60. The maximum absolute atomic E-state index is 13.1. The first-order chi connectivity index (χ1) is 36.2. The van der Waals surface area contributed by atoms with E-state index in [2.05, 4.69) is 101 Å². The number of hydrogen-bond acceptors (Lipinski definition) is 12. The number of phenols is 1. The van der Waals surface area contributed by atoms with Gasteiger partial charge in [-0.25, -0.2) is 19.9 Å². The quantitative estimate of drug-likeness (QED) is 0.107. The Bertz CT molecular complexity index is 3290. The largest absolute Gasteiger partial charge is 0.508 e. The van der Waals surface area contributed by atoms with Crippen LogP contribution in [0.1, 0.15) is 5.56 Å². The molecule has 0 radical (unpaired) electrons. The van der Waals surface area contributed by atoms with Crippen LogP contribution in [-0.4, -0.2) is 49.3 Å². The van der Waals surface area contributed by atoms with Crippen molar-refractivity contribution in [2.24, 2.45) is 0 Å². The van der Waals surface area contributed by atoms with Crippen molar-refractivity contribution in [3.63, 3.8) is 0 Å². The number of benzene rings is 3. The number of methoxy groups -OCH3 is 1. The van der Waals surface area contributed by atoms with Crippen molar-refractivity contribution in [1.82, 2.24) is 19.9 Å². The zero-order valence-electron chi connectivity index (χ0n) is 39.6. The molecule has 0 fully saturated rings. The fourth-order valence-corrected chi connectivity index (χ4v) is 10.6. The van der Waals surface area contributed by atoms with E-state index in [1.54, 1.807) is 83.0 Å². The van der Waals surface area contributed by atoms with E-state index in [9.17, 15) is 9.50 Å². The Morgan fingerprint density at radius 3 is 1.40 bits per heavy atom. The predicted octanol–water partition coefficient (Wildman–Crippen LogP) is 17.6. The van der Waals surface area contributed by atoms with E-state index >= 15 is 0 Å². The lowest BCUT2D eigenvalue weighted by molar-refractivity contribution is 0.414.